The van der Waals surface area contributed by atoms with Crippen LogP contribution in [-0.2, 0) is 25.5 Å². The maximum atomic E-state index is 12.3. The summed E-state index contributed by atoms with van der Waals surface area (Å²) in [7, 11) is 0. The molecule has 0 heterocycles. The summed E-state index contributed by atoms with van der Waals surface area (Å²) >= 11 is 0. The average Bonchev–Trinajstić information content (AvgIpc) is 2.66. The van der Waals surface area contributed by atoms with E-state index in [2.05, 4.69) is 20.8 Å². The van der Waals surface area contributed by atoms with Gasteiger partial charge in [0.05, 0.1) is 6.42 Å². The lowest BCUT2D eigenvalue weighted by Gasteiger charge is -2.36. The van der Waals surface area contributed by atoms with Crippen LogP contribution in [0.15, 0.2) is 42.5 Å². The van der Waals surface area contributed by atoms with Gasteiger partial charge in [0.1, 0.15) is 6.10 Å². The predicted octanol–water partition coefficient (Wildman–Crippen LogP) is 4.93. The van der Waals surface area contributed by atoms with Gasteiger partial charge in [0.2, 0.25) is 0 Å². The van der Waals surface area contributed by atoms with E-state index in [1.807, 2.05) is 42.5 Å². The number of carbonyl (C=O) groups is 2. The molecule has 0 aliphatic heterocycles. The van der Waals surface area contributed by atoms with Crippen LogP contribution in [0.3, 0.4) is 0 Å². The topological polar surface area (TPSA) is 52.6 Å². The molecule has 4 nitrogen and oxygen atoms in total. The molecular weight excluding hydrogens is 352 g/mol. The van der Waals surface area contributed by atoms with E-state index >= 15 is 0 Å². The standard InChI is InChI=1S/C24H30O4/c1-16(2)20-12-11-17(3)13-22(20)28-24(26)15-27-23(25)14-19-9-6-8-18-7-4-5-10-21(18)19/h4-10,16-17,20,22H,11-15H2,1-3H3/t17-,20+,22-/m1/s1. The van der Waals surface area contributed by atoms with E-state index in [9.17, 15) is 9.59 Å². The molecule has 1 fully saturated rings. The van der Waals surface area contributed by atoms with Gasteiger partial charge < -0.3 is 9.47 Å². The number of hydrogen-bond donors (Lipinski definition) is 0. The number of hydrogen-bond acceptors (Lipinski definition) is 4. The van der Waals surface area contributed by atoms with Crippen LogP contribution in [0.25, 0.3) is 10.8 Å². The van der Waals surface area contributed by atoms with Crippen molar-refractivity contribution in [3.8, 4) is 0 Å². The second-order valence-corrected chi connectivity index (χ2v) is 8.33. The monoisotopic (exact) mass is 382 g/mol. The fourth-order valence-corrected chi connectivity index (χ4v) is 4.25. The summed E-state index contributed by atoms with van der Waals surface area (Å²) in [5.74, 6) is 0.550. The van der Waals surface area contributed by atoms with Crippen molar-refractivity contribution in [2.45, 2.75) is 52.6 Å². The first kappa shape index (κ1) is 20.4. The summed E-state index contributed by atoms with van der Waals surface area (Å²) in [6, 6.07) is 13.8. The Kier molecular flexibility index (Phi) is 6.71. The fourth-order valence-electron chi connectivity index (χ4n) is 4.25. The van der Waals surface area contributed by atoms with E-state index in [0.717, 1.165) is 29.2 Å². The van der Waals surface area contributed by atoms with Crippen LogP contribution in [-0.4, -0.2) is 24.6 Å². The van der Waals surface area contributed by atoms with Crippen molar-refractivity contribution >= 4 is 22.7 Å². The van der Waals surface area contributed by atoms with Gasteiger partial charge in [-0.15, -0.1) is 0 Å². The van der Waals surface area contributed by atoms with E-state index in [-0.39, 0.29) is 19.1 Å². The summed E-state index contributed by atoms with van der Waals surface area (Å²) in [5, 5.41) is 2.11. The van der Waals surface area contributed by atoms with Gasteiger partial charge in [-0.25, -0.2) is 4.79 Å². The molecule has 0 saturated heterocycles. The fraction of sp³-hybridized carbons (Fsp3) is 0.500. The third-order valence-corrected chi connectivity index (χ3v) is 5.81. The Bertz CT molecular complexity index is 821. The average molecular weight is 383 g/mol. The molecule has 3 atom stereocenters. The molecule has 0 N–H and O–H groups in total. The molecule has 1 aliphatic rings. The summed E-state index contributed by atoms with van der Waals surface area (Å²) in [4.78, 5) is 24.5. The highest BCUT2D eigenvalue weighted by Gasteiger charge is 2.33. The first-order valence-electron chi connectivity index (χ1n) is 10.3. The number of ether oxygens (including phenoxy) is 2. The van der Waals surface area contributed by atoms with Gasteiger partial charge >= 0.3 is 11.9 Å². The largest absolute Gasteiger partial charge is 0.460 e. The molecule has 0 radical (unpaired) electrons. The molecule has 0 aromatic heterocycles. The Morgan fingerprint density at radius 1 is 1.04 bits per heavy atom. The van der Waals surface area contributed by atoms with Crippen molar-refractivity contribution in [3.63, 3.8) is 0 Å². The third kappa shape index (κ3) is 5.12. The van der Waals surface area contributed by atoms with Crippen LogP contribution in [0.5, 0.6) is 0 Å². The van der Waals surface area contributed by atoms with E-state index in [4.69, 9.17) is 9.47 Å². The molecule has 0 amide bonds. The Hall–Kier alpha value is -2.36. The molecular formula is C24H30O4. The SMILES string of the molecule is CC(C)[C@@H]1CC[C@@H](C)C[C@H]1OC(=O)COC(=O)Cc1cccc2ccccc12. The summed E-state index contributed by atoms with van der Waals surface area (Å²) in [6.45, 7) is 6.22. The van der Waals surface area contributed by atoms with Gasteiger partial charge in [0.25, 0.3) is 0 Å². The predicted molar refractivity (Wildman–Crippen MR) is 110 cm³/mol. The van der Waals surface area contributed by atoms with Crippen molar-refractivity contribution in [2.75, 3.05) is 6.61 Å². The van der Waals surface area contributed by atoms with Gasteiger partial charge in [-0.2, -0.15) is 0 Å². The lowest BCUT2D eigenvalue weighted by molar-refractivity contribution is -0.166. The highest BCUT2D eigenvalue weighted by atomic mass is 16.6. The van der Waals surface area contributed by atoms with Gasteiger partial charge in [-0.3, -0.25) is 4.79 Å². The smallest absolute Gasteiger partial charge is 0.344 e. The molecule has 2 aromatic carbocycles. The highest BCUT2D eigenvalue weighted by molar-refractivity contribution is 5.89. The third-order valence-electron chi connectivity index (χ3n) is 5.81. The quantitative estimate of drug-likeness (QED) is 0.665. The highest BCUT2D eigenvalue weighted by Crippen LogP contribution is 2.35. The van der Waals surface area contributed by atoms with Crippen molar-refractivity contribution in [1.29, 1.82) is 0 Å². The first-order valence-corrected chi connectivity index (χ1v) is 10.3. The van der Waals surface area contributed by atoms with Crippen LogP contribution in [0.4, 0.5) is 0 Å². The summed E-state index contributed by atoms with van der Waals surface area (Å²) in [6.07, 6.45) is 3.21. The van der Waals surface area contributed by atoms with Crippen LogP contribution in [0, 0.1) is 17.8 Å². The Balaban J connectivity index is 1.53. The van der Waals surface area contributed by atoms with Crippen LogP contribution < -0.4 is 0 Å². The maximum absolute atomic E-state index is 12.3. The van der Waals surface area contributed by atoms with E-state index in [1.165, 1.54) is 6.42 Å². The molecule has 0 spiro atoms. The molecule has 2 aromatic rings. The summed E-state index contributed by atoms with van der Waals surface area (Å²) in [5.41, 5.74) is 0.900. The maximum Gasteiger partial charge on any atom is 0.344 e. The minimum Gasteiger partial charge on any atom is -0.460 e. The van der Waals surface area contributed by atoms with E-state index in [1.54, 1.807) is 0 Å². The number of rotatable bonds is 6. The van der Waals surface area contributed by atoms with Crippen molar-refractivity contribution in [2.24, 2.45) is 17.8 Å². The number of carbonyl (C=O) groups excluding carboxylic acids is 2. The van der Waals surface area contributed by atoms with Crippen LogP contribution >= 0.6 is 0 Å². The van der Waals surface area contributed by atoms with Gasteiger partial charge in [-0.05, 0) is 46.9 Å². The second-order valence-electron chi connectivity index (χ2n) is 8.33. The number of fused-ring (bicyclic) bond motifs is 1. The van der Waals surface area contributed by atoms with Crippen LogP contribution in [0.2, 0.25) is 0 Å². The molecule has 150 valence electrons. The second kappa shape index (κ2) is 9.22. The molecule has 1 saturated carbocycles. The van der Waals surface area contributed by atoms with Crippen molar-refractivity contribution < 1.29 is 19.1 Å². The zero-order valence-corrected chi connectivity index (χ0v) is 17.0. The normalized spacial score (nSPS) is 22.2. The molecule has 3 rings (SSSR count). The van der Waals surface area contributed by atoms with Gasteiger partial charge in [0.15, 0.2) is 6.61 Å². The van der Waals surface area contributed by atoms with Gasteiger partial charge in [-0.1, -0.05) is 69.7 Å². The van der Waals surface area contributed by atoms with Gasteiger partial charge in [0, 0.05) is 0 Å². The number of esters is 2. The minimum atomic E-state index is -0.448. The molecule has 0 unspecified atom stereocenters. The minimum absolute atomic E-state index is 0.0759. The van der Waals surface area contributed by atoms with Crippen molar-refractivity contribution in [1.82, 2.24) is 0 Å². The molecule has 0 bridgehead atoms. The molecule has 4 heteroatoms. The zero-order valence-electron chi connectivity index (χ0n) is 17.0. The van der Waals surface area contributed by atoms with Crippen molar-refractivity contribution in [3.05, 3.63) is 48.0 Å². The zero-order chi connectivity index (χ0) is 20.1. The van der Waals surface area contributed by atoms with Crippen LogP contribution in [0.1, 0.15) is 45.6 Å². The summed E-state index contributed by atoms with van der Waals surface area (Å²) < 4.78 is 10.9. The first-order chi connectivity index (χ1) is 13.4. The molecule has 1 aliphatic carbocycles. The Morgan fingerprint density at radius 2 is 1.79 bits per heavy atom. The lowest BCUT2D eigenvalue weighted by atomic mass is 9.75. The number of benzene rings is 2. The lowest BCUT2D eigenvalue weighted by Crippen LogP contribution is -2.36. The molecule has 28 heavy (non-hydrogen) atoms. The Morgan fingerprint density at radius 3 is 2.57 bits per heavy atom. The Labute approximate surface area is 167 Å². The van der Waals surface area contributed by atoms with E-state index < -0.39 is 11.9 Å². The van der Waals surface area contributed by atoms with E-state index in [0.29, 0.717) is 17.8 Å².